The van der Waals surface area contributed by atoms with Crippen LogP contribution in [-0.4, -0.2) is 22.0 Å². The van der Waals surface area contributed by atoms with E-state index in [0.717, 1.165) is 0 Å². The summed E-state index contributed by atoms with van der Waals surface area (Å²) in [7, 11) is 0. The van der Waals surface area contributed by atoms with Gasteiger partial charge in [0.2, 0.25) is 0 Å². The Hall–Kier alpha value is -4.84. The van der Waals surface area contributed by atoms with Crippen molar-refractivity contribution in [1.82, 2.24) is 0 Å². The fourth-order valence-electron chi connectivity index (χ4n) is 4.06. The lowest BCUT2D eigenvalue weighted by Gasteiger charge is -2.16. The molecule has 6 nitrogen and oxygen atoms in total. The van der Waals surface area contributed by atoms with E-state index in [1.807, 2.05) is 12.1 Å². The lowest BCUT2D eigenvalue weighted by molar-refractivity contribution is 0.101. The van der Waals surface area contributed by atoms with Crippen molar-refractivity contribution in [3.8, 4) is 11.5 Å². The number of carbonyl (C=O) groups excluding carboxylic acids is 2. The molecule has 0 saturated carbocycles. The standard InChI is InChI=1S/C28H20N2O4/c31-25-19-13-7-15-21(29-27(33)17-9-3-1-4-10-17)23(19)26(32)24-20(25)14-8-16-22(24)30-28(34)18-11-5-2-6-12-18/h1-16,31-32H,(H,29,33)(H,30,34). The van der Waals surface area contributed by atoms with Crippen molar-refractivity contribution in [3.05, 3.63) is 108 Å². The normalized spacial score (nSPS) is 10.8. The fourth-order valence-corrected chi connectivity index (χ4v) is 4.06. The molecular weight excluding hydrogens is 428 g/mol. The van der Waals surface area contributed by atoms with Gasteiger partial charge in [0.05, 0.1) is 22.1 Å². The van der Waals surface area contributed by atoms with Crippen LogP contribution >= 0.6 is 0 Å². The molecular formula is C28H20N2O4. The average molecular weight is 448 g/mol. The molecule has 0 saturated heterocycles. The topological polar surface area (TPSA) is 98.7 Å². The Labute approximate surface area is 195 Å². The molecule has 0 radical (unpaired) electrons. The van der Waals surface area contributed by atoms with Crippen molar-refractivity contribution in [3.63, 3.8) is 0 Å². The number of phenolic OH excluding ortho intramolecular Hbond substituents is 2. The van der Waals surface area contributed by atoms with Crippen molar-refractivity contribution >= 4 is 44.7 Å². The molecule has 0 atom stereocenters. The lowest BCUT2D eigenvalue weighted by atomic mass is 9.98. The number of carbonyl (C=O) groups is 2. The number of hydrogen-bond acceptors (Lipinski definition) is 4. The highest BCUT2D eigenvalue weighted by molar-refractivity contribution is 6.21. The van der Waals surface area contributed by atoms with Crippen LogP contribution in [0.1, 0.15) is 20.7 Å². The van der Waals surface area contributed by atoms with E-state index in [0.29, 0.717) is 33.3 Å². The van der Waals surface area contributed by atoms with E-state index in [9.17, 15) is 19.8 Å². The molecule has 0 aromatic heterocycles. The molecule has 166 valence electrons. The number of anilines is 2. The molecule has 34 heavy (non-hydrogen) atoms. The summed E-state index contributed by atoms with van der Waals surface area (Å²) in [6.45, 7) is 0. The third-order valence-corrected chi connectivity index (χ3v) is 5.68. The number of nitrogens with one attached hydrogen (secondary N) is 2. The van der Waals surface area contributed by atoms with Crippen LogP contribution in [0.4, 0.5) is 11.4 Å². The number of phenols is 2. The second-order valence-corrected chi connectivity index (χ2v) is 7.79. The van der Waals surface area contributed by atoms with Gasteiger partial charge in [0.15, 0.2) is 0 Å². The quantitative estimate of drug-likeness (QED) is 0.203. The highest BCUT2D eigenvalue weighted by Gasteiger charge is 2.20. The molecule has 4 N–H and O–H groups in total. The van der Waals surface area contributed by atoms with Crippen molar-refractivity contribution < 1.29 is 19.8 Å². The zero-order chi connectivity index (χ0) is 23.7. The number of rotatable bonds is 4. The molecule has 2 amide bonds. The van der Waals surface area contributed by atoms with Crippen LogP contribution < -0.4 is 10.6 Å². The minimum Gasteiger partial charge on any atom is -0.507 e. The Bertz CT molecular complexity index is 1430. The molecule has 6 heteroatoms. The van der Waals surface area contributed by atoms with Crippen molar-refractivity contribution in [1.29, 1.82) is 0 Å². The number of hydrogen-bond donors (Lipinski definition) is 4. The summed E-state index contributed by atoms with van der Waals surface area (Å²) in [5.41, 5.74) is 1.59. The van der Waals surface area contributed by atoms with Crippen LogP contribution in [-0.2, 0) is 0 Å². The van der Waals surface area contributed by atoms with Crippen LogP contribution in [0.2, 0.25) is 0 Å². The summed E-state index contributed by atoms with van der Waals surface area (Å²) in [5, 5.41) is 29.4. The van der Waals surface area contributed by atoms with Gasteiger partial charge in [0.1, 0.15) is 11.5 Å². The summed E-state index contributed by atoms with van der Waals surface area (Å²) in [6.07, 6.45) is 0. The van der Waals surface area contributed by atoms with Gasteiger partial charge in [-0.25, -0.2) is 0 Å². The van der Waals surface area contributed by atoms with Crippen LogP contribution in [0.5, 0.6) is 11.5 Å². The third-order valence-electron chi connectivity index (χ3n) is 5.68. The highest BCUT2D eigenvalue weighted by atomic mass is 16.3. The molecule has 0 unspecified atom stereocenters. The van der Waals surface area contributed by atoms with E-state index in [4.69, 9.17) is 0 Å². The van der Waals surface area contributed by atoms with E-state index in [2.05, 4.69) is 10.6 Å². The molecule has 0 bridgehead atoms. The first kappa shape index (κ1) is 21.0. The highest BCUT2D eigenvalue weighted by Crippen LogP contribution is 2.47. The van der Waals surface area contributed by atoms with Crippen LogP contribution in [0, 0.1) is 0 Å². The second-order valence-electron chi connectivity index (χ2n) is 7.79. The molecule has 0 fully saturated rings. The van der Waals surface area contributed by atoms with Gasteiger partial charge in [-0.15, -0.1) is 0 Å². The summed E-state index contributed by atoms with van der Waals surface area (Å²) >= 11 is 0. The first-order chi connectivity index (χ1) is 16.5. The molecule has 5 rings (SSSR count). The smallest absolute Gasteiger partial charge is 0.255 e. The van der Waals surface area contributed by atoms with E-state index < -0.39 is 0 Å². The second kappa shape index (κ2) is 8.60. The first-order valence-electron chi connectivity index (χ1n) is 10.7. The minimum atomic E-state index is -0.349. The van der Waals surface area contributed by atoms with Gasteiger partial charge in [0.25, 0.3) is 11.8 Å². The Kier molecular flexibility index (Phi) is 5.32. The molecule has 0 aliphatic carbocycles. The fraction of sp³-hybridized carbons (Fsp3) is 0. The number of fused-ring (bicyclic) bond motifs is 2. The van der Waals surface area contributed by atoms with Crippen LogP contribution in [0.25, 0.3) is 21.5 Å². The monoisotopic (exact) mass is 448 g/mol. The maximum Gasteiger partial charge on any atom is 0.255 e. The first-order valence-corrected chi connectivity index (χ1v) is 10.7. The maximum absolute atomic E-state index is 12.8. The molecule has 5 aromatic rings. The summed E-state index contributed by atoms with van der Waals surface area (Å²) in [6, 6.07) is 27.4. The van der Waals surface area contributed by atoms with Gasteiger partial charge >= 0.3 is 0 Å². The maximum atomic E-state index is 12.8. The van der Waals surface area contributed by atoms with Gasteiger partial charge in [-0.1, -0.05) is 60.7 Å². The Balaban J connectivity index is 1.66. The van der Waals surface area contributed by atoms with Crippen molar-refractivity contribution in [2.75, 3.05) is 10.6 Å². The van der Waals surface area contributed by atoms with E-state index in [1.165, 1.54) is 0 Å². The van der Waals surface area contributed by atoms with Crippen molar-refractivity contribution in [2.45, 2.75) is 0 Å². The number of benzene rings is 5. The number of amides is 2. The summed E-state index contributed by atoms with van der Waals surface area (Å²) < 4.78 is 0. The minimum absolute atomic E-state index is 0.0607. The summed E-state index contributed by atoms with van der Waals surface area (Å²) in [4.78, 5) is 25.5. The average Bonchev–Trinajstić information content (AvgIpc) is 2.88. The van der Waals surface area contributed by atoms with Gasteiger partial charge in [0, 0.05) is 21.9 Å². The Morgan fingerprint density at radius 3 is 1.32 bits per heavy atom. The Morgan fingerprint density at radius 2 is 0.912 bits per heavy atom. The van der Waals surface area contributed by atoms with Gasteiger partial charge < -0.3 is 20.8 Å². The third kappa shape index (κ3) is 3.67. The predicted molar refractivity (Wildman–Crippen MR) is 134 cm³/mol. The molecule has 5 aromatic carbocycles. The summed E-state index contributed by atoms with van der Waals surface area (Å²) in [5.74, 6) is -0.916. The Morgan fingerprint density at radius 1 is 0.500 bits per heavy atom. The zero-order valence-electron chi connectivity index (χ0n) is 17.9. The number of aromatic hydroxyl groups is 2. The molecule has 0 aliphatic rings. The van der Waals surface area contributed by atoms with E-state index in [1.54, 1.807) is 84.9 Å². The van der Waals surface area contributed by atoms with Gasteiger partial charge in [-0.2, -0.15) is 0 Å². The van der Waals surface area contributed by atoms with Crippen LogP contribution in [0.15, 0.2) is 97.1 Å². The van der Waals surface area contributed by atoms with E-state index >= 15 is 0 Å². The molecule has 0 aliphatic heterocycles. The SMILES string of the molecule is O=C(Nc1cccc2c(O)c3cccc(NC(=O)c4ccccc4)c3c(O)c12)c1ccccc1. The van der Waals surface area contributed by atoms with Gasteiger partial charge in [-0.05, 0) is 36.4 Å². The lowest BCUT2D eigenvalue weighted by Crippen LogP contribution is -2.12. The van der Waals surface area contributed by atoms with Crippen molar-refractivity contribution in [2.24, 2.45) is 0 Å². The van der Waals surface area contributed by atoms with Gasteiger partial charge in [-0.3, -0.25) is 9.59 Å². The van der Waals surface area contributed by atoms with E-state index in [-0.39, 0.29) is 34.1 Å². The molecule has 0 heterocycles. The predicted octanol–water partition coefficient (Wildman–Crippen LogP) is 5.91. The van der Waals surface area contributed by atoms with Crippen LogP contribution in [0.3, 0.4) is 0 Å². The zero-order valence-corrected chi connectivity index (χ0v) is 17.9. The molecule has 0 spiro atoms. The largest absolute Gasteiger partial charge is 0.507 e.